The van der Waals surface area contributed by atoms with Crippen molar-refractivity contribution in [3.05, 3.63) is 78.1 Å². The van der Waals surface area contributed by atoms with E-state index in [2.05, 4.69) is 10.4 Å². The van der Waals surface area contributed by atoms with E-state index in [4.69, 9.17) is 0 Å². The van der Waals surface area contributed by atoms with Crippen LogP contribution in [-0.4, -0.2) is 40.9 Å². The lowest BCUT2D eigenvalue weighted by atomic mass is 10.2. The minimum Gasteiger partial charge on any atom is -0.348 e. The van der Waals surface area contributed by atoms with Crippen molar-refractivity contribution in [1.82, 2.24) is 15.1 Å². The van der Waals surface area contributed by atoms with E-state index in [9.17, 15) is 13.2 Å². The molecule has 1 N–H and O–H groups in total. The summed E-state index contributed by atoms with van der Waals surface area (Å²) in [6, 6.07) is 17.1. The van der Waals surface area contributed by atoms with E-state index in [1.807, 2.05) is 54.7 Å². The van der Waals surface area contributed by atoms with Gasteiger partial charge in [0.15, 0.2) is 9.84 Å². The van der Waals surface area contributed by atoms with Gasteiger partial charge in [-0.15, -0.1) is 11.8 Å². The minimum atomic E-state index is -2.95. The summed E-state index contributed by atoms with van der Waals surface area (Å²) in [5.41, 5.74) is 2.42. The molecule has 0 bridgehead atoms. The highest BCUT2D eigenvalue weighted by Crippen LogP contribution is 2.33. The predicted octanol–water partition coefficient (Wildman–Crippen LogP) is 3.08. The van der Waals surface area contributed by atoms with Crippen LogP contribution < -0.4 is 5.32 Å². The molecule has 8 heteroatoms. The molecule has 1 saturated heterocycles. The van der Waals surface area contributed by atoms with Crippen LogP contribution in [0.3, 0.4) is 0 Å². The van der Waals surface area contributed by atoms with E-state index < -0.39 is 9.84 Å². The number of para-hydroxylation sites is 1. The molecule has 1 fully saturated rings. The van der Waals surface area contributed by atoms with Crippen molar-refractivity contribution < 1.29 is 13.2 Å². The standard InChI is InChI=1S/C21H21N3O3S2/c25-21(22-12-16-13-23-24(14-16)17-6-2-1-3-7-17)19-8-4-5-9-20(19)28-18-10-11-29(26,27)15-18/h1-9,13-14,18H,10-12,15H2,(H,22,25)/t18-/m0/s1. The molecule has 3 aromatic rings. The fourth-order valence-electron chi connectivity index (χ4n) is 3.24. The van der Waals surface area contributed by atoms with Crippen LogP contribution in [-0.2, 0) is 16.4 Å². The van der Waals surface area contributed by atoms with Gasteiger partial charge in [0.25, 0.3) is 5.91 Å². The maximum Gasteiger partial charge on any atom is 0.252 e. The zero-order valence-electron chi connectivity index (χ0n) is 15.7. The van der Waals surface area contributed by atoms with Crippen LogP contribution in [0, 0.1) is 0 Å². The molecule has 1 aliphatic heterocycles. The van der Waals surface area contributed by atoms with E-state index >= 15 is 0 Å². The Morgan fingerprint density at radius 2 is 1.90 bits per heavy atom. The van der Waals surface area contributed by atoms with Gasteiger partial charge >= 0.3 is 0 Å². The smallest absolute Gasteiger partial charge is 0.252 e. The monoisotopic (exact) mass is 427 g/mol. The molecule has 1 amide bonds. The second-order valence-electron chi connectivity index (χ2n) is 6.95. The molecule has 1 aliphatic rings. The van der Waals surface area contributed by atoms with Gasteiger partial charge < -0.3 is 5.32 Å². The van der Waals surface area contributed by atoms with Crippen molar-refractivity contribution in [2.75, 3.05) is 11.5 Å². The summed E-state index contributed by atoms with van der Waals surface area (Å²) in [6.07, 6.45) is 4.25. The number of carbonyl (C=O) groups excluding carboxylic acids is 1. The fraction of sp³-hybridized carbons (Fsp3) is 0.238. The first-order valence-electron chi connectivity index (χ1n) is 9.33. The summed E-state index contributed by atoms with van der Waals surface area (Å²) >= 11 is 1.48. The summed E-state index contributed by atoms with van der Waals surface area (Å²) in [5.74, 6) is 0.220. The Hall–Kier alpha value is -2.58. The highest BCUT2D eigenvalue weighted by Gasteiger charge is 2.29. The van der Waals surface area contributed by atoms with Crippen molar-refractivity contribution >= 4 is 27.5 Å². The Morgan fingerprint density at radius 3 is 2.66 bits per heavy atom. The van der Waals surface area contributed by atoms with E-state index in [1.54, 1.807) is 16.9 Å². The van der Waals surface area contributed by atoms with Gasteiger partial charge in [0.1, 0.15) is 0 Å². The molecule has 150 valence electrons. The average Bonchev–Trinajstić information content (AvgIpc) is 3.33. The van der Waals surface area contributed by atoms with Crippen LogP contribution in [0.15, 0.2) is 71.9 Å². The number of aromatic nitrogens is 2. The van der Waals surface area contributed by atoms with Crippen LogP contribution in [0.1, 0.15) is 22.3 Å². The van der Waals surface area contributed by atoms with Gasteiger partial charge in [0.2, 0.25) is 0 Å². The lowest BCUT2D eigenvalue weighted by Crippen LogP contribution is -2.23. The molecule has 0 spiro atoms. The van der Waals surface area contributed by atoms with Crippen molar-refractivity contribution in [2.45, 2.75) is 23.1 Å². The van der Waals surface area contributed by atoms with Crippen LogP contribution in [0.4, 0.5) is 0 Å². The third-order valence-corrected chi connectivity index (χ3v) is 8.05. The van der Waals surface area contributed by atoms with Gasteiger partial charge in [-0.3, -0.25) is 4.79 Å². The van der Waals surface area contributed by atoms with E-state index in [0.717, 1.165) is 16.1 Å². The van der Waals surface area contributed by atoms with Crippen LogP contribution in [0.2, 0.25) is 0 Å². The number of thioether (sulfide) groups is 1. The third kappa shape index (κ3) is 4.89. The van der Waals surface area contributed by atoms with Gasteiger partial charge in [-0.25, -0.2) is 13.1 Å². The number of nitrogens with zero attached hydrogens (tertiary/aromatic N) is 2. The van der Waals surface area contributed by atoms with Crippen LogP contribution in [0.25, 0.3) is 5.69 Å². The zero-order chi connectivity index (χ0) is 20.3. The largest absolute Gasteiger partial charge is 0.348 e. The summed E-state index contributed by atoms with van der Waals surface area (Å²) in [6.45, 7) is 0.364. The molecule has 2 aromatic carbocycles. The third-order valence-electron chi connectivity index (χ3n) is 4.73. The Balaban J connectivity index is 1.41. The zero-order valence-corrected chi connectivity index (χ0v) is 17.3. The van der Waals surface area contributed by atoms with Gasteiger partial charge in [0.05, 0.1) is 29.0 Å². The molecular weight excluding hydrogens is 406 g/mol. The number of amides is 1. The van der Waals surface area contributed by atoms with E-state index in [-0.39, 0.29) is 22.7 Å². The molecular formula is C21H21N3O3S2. The normalized spacial score (nSPS) is 17.9. The molecule has 2 heterocycles. The van der Waals surface area contributed by atoms with Gasteiger partial charge in [-0.2, -0.15) is 5.10 Å². The topological polar surface area (TPSA) is 81.1 Å². The van der Waals surface area contributed by atoms with E-state index in [0.29, 0.717) is 18.5 Å². The van der Waals surface area contributed by atoms with Gasteiger partial charge in [0, 0.05) is 28.5 Å². The average molecular weight is 428 g/mol. The van der Waals surface area contributed by atoms with Crippen LogP contribution >= 0.6 is 11.8 Å². The van der Waals surface area contributed by atoms with Crippen molar-refractivity contribution in [3.8, 4) is 5.69 Å². The molecule has 0 radical (unpaired) electrons. The first kappa shape index (κ1) is 19.7. The Kier molecular flexibility index (Phi) is 5.73. The number of rotatable bonds is 6. The summed E-state index contributed by atoms with van der Waals surface area (Å²) in [7, 11) is -2.95. The molecule has 4 rings (SSSR count). The minimum absolute atomic E-state index is 0.00180. The number of hydrogen-bond donors (Lipinski definition) is 1. The van der Waals surface area contributed by atoms with E-state index in [1.165, 1.54) is 11.8 Å². The molecule has 0 saturated carbocycles. The number of nitrogens with one attached hydrogen (secondary N) is 1. The van der Waals surface area contributed by atoms with Crippen molar-refractivity contribution in [2.24, 2.45) is 0 Å². The lowest BCUT2D eigenvalue weighted by Gasteiger charge is -2.12. The summed E-state index contributed by atoms with van der Waals surface area (Å²) < 4.78 is 25.2. The second kappa shape index (κ2) is 8.42. The van der Waals surface area contributed by atoms with Gasteiger partial charge in [-0.05, 0) is 30.7 Å². The fourth-order valence-corrected chi connectivity index (χ4v) is 6.87. The maximum absolute atomic E-state index is 12.7. The van der Waals surface area contributed by atoms with Gasteiger partial charge in [-0.1, -0.05) is 30.3 Å². The number of hydrogen-bond acceptors (Lipinski definition) is 5. The van der Waals surface area contributed by atoms with Crippen molar-refractivity contribution in [3.63, 3.8) is 0 Å². The maximum atomic E-state index is 12.7. The highest BCUT2D eigenvalue weighted by atomic mass is 32.2. The summed E-state index contributed by atoms with van der Waals surface area (Å²) in [5, 5.41) is 7.28. The predicted molar refractivity (Wildman–Crippen MR) is 114 cm³/mol. The lowest BCUT2D eigenvalue weighted by molar-refractivity contribution is 0.0948. The summed E-state index contributed by atoms with van der Waals surface area (Å²) in [4.78, 5) is 13.6. The Morgan fingerprint density at radius 1 is 1.14 bits per heavy atom. The number of sulfone groups is 1. The van der Waals surface area contributed by atoms with Crippen molar-refractivity contribution in [1.29, 1.82) is 0 Å². The number of benzene rings is 2. The number of carbonyl (C=O) groups is 1. The Bertz CT molecular complexity index is 1110. The SMILES string of the molecule is O=C(NCc1cnn(-c2ccccc2)c1)c1ccccc1S[C@H]1CCS(=O)(=O)C1. The Labute approximate surface area is 174 Å². The first-order chi connectivity index (χ1) is 14.0. The van der Waals surface area contributed by atoms with Crippen LogP contribution in [0.5, 0.6) is 0 Å². The second-order valence-corrected chi connectivity index (χ2v) is 10.5. The first-order valence-corrected chi connectivity index (χ1v) is 12.0. The molecule has 29 heavy (non-hydrogen) atoms. The molecule has 0 unspecified atom stereocenters. The molecule has 1 atom stereocenters. The molecule has 0 aliphatic carbocycles. The quantitative estimate of drug-likeness (QED) is 0.654. The molecule has 6 nitrogen and oxygen atoms in total. The molecule has 1 aromatic heterocycles. The highest BCUT2D eigenvalue weighted by molar-refractivity contribution is 8.02.